The minimum absolute atomic E-state index is 0.0763. The number of halogens is 3. The van der Waals surface area contributed by atoms with Crippen LogP contribution in [0.3, 0.4) is 0 Å². The summed E-state index contributed by atoms with van der Waals surface area (Å²) in [5, 5.41) is 12.1. The van der Waals surface area contributed by atoms with Crippen molar-refractivity contribution in [1.82, 2.24) is 25.1 Å². The quantitative estimate of drug-likeness (QED) is 0.246. The Bertz CT molecular complexity index is 1670. The van der Waals surface area contributed by atoms with Crippen LogP contribution in [-0.4, -0.2) is 50.9 Å². The molecule has 1 aliphatic heterocycles. The van der Waals surface area contributed by atoms with Gasteiger partial charge in [0.1, 0.15) is 11.5 Å². The Kier molecular flexibility index (Phi) is 8.20. The van der Waals surface area contributed by atoms with E-state index in [0.717, 1.165) is 0 Å². The molecule has 2 bridgehead atoms. The molecule has 3 heterocycles. The maximum atomic E-state index is 14.9. The van der Waals surface area contributed by atoms with Crippen molar-refractivity contribution in [2.24, 2.45) is 0 Å². The van der Waals surface area contributed by atoms with E-state index in [0.29, 0.717) is 28.5 Å². The number of hydrogen-bond donors (Lipinski definition) is 4. The first kappa shape index (κ1) is 28.7. The van der Waals surface area contributed by atoms with E-state index in [9.17, 15) is 23.2 Å². The maximum absolute atomic E-state index is 14.9. The van der Waals surface area contributed by atoms with E-state index in [4.69, 9.17) is 11.6 Å². The minimum atomic E-state index is -1.82. The van der Waals surface area contributed by atoms with Crippen molar-refractivity contribution in [1.29, 1.82) is 0 Å². The highest BCUT2D eigenvalue weighted by Gasteiger charge is 2.26. The molecule has 4 N–H and O–H groups in total. The molecule has 0 saturated carbocycles. The summed E-state index contributed by atoms with van der Waals surface area (Å²) in [6.45, 7) is 1.63. The molecule has 2 aromatic heterocycles. The summed E-state index contributed by atoms with van der Waals surface area (Å²) in [5.74, 6) is -1.60. The second kappa shape index (κ2) is 12.0. The van der Waals surface area contributed by atoms with Crippen LogP contribution in [0.15, 0.2) is 48.8 Å². The Morgan fingerprint density at radius 1 is 1.21 bits per heavy atom. The smallest absolute Gasteiger partial charge is 0.411 e. The summed E-state index contributed by atoms with van der Waals surface area (Å²) >= 11 is 5.92. The van der Waals surface area contributed by atoms with Crippen LogP contribution >= 0.6 is 11.6 Å². The molecule has 0 aliphatic carbocycles. The van der Waals surface area contributed by atoms with Crippen molar-refractivity contribution in [3.05, 3.63) is 76.7 Å². The Morgan fingerprint density at radius 3 is 2.81 bits per heavy atom. The van der Waals surface area contributed by atoms with Gasteiger partial charge in [0, 0.05) is 17.4 Å². The molecule has 1 unspecified atom stereocenters. The fourth-order valence-corrected chi connectivity index (χ4v) is 4.83. The number of aromatic amines is 1. The zero-order valence-electron chi connectivity index (χ0n) is 22.5. The molecule has 11 nitrogen and oxygen atoms in total. The Morgan fingerprint density at radius 2 is 2.02 bits per heavy atom. The maximum Gasteiger partial charge on any atom is 0.411 e. The zero-order chi connectivity index (χ0) is 30.0. The second-order valence-corrected chi connectivity index (χ2v) is 10.00. The lowest BCUT2D eigenvalue weighted by molar-refractivity contribution is -0.121. The van der Waals surface area contributed by atoms with Gasteiger partial charge in [-0.15, -0.1) is 0 Å². The summed E-state index contributed by atoms with van der Waals surface area (Å²) in [4.78, 5) is 45.4. The third-order valence-corrected chi connectivity index (χ3v) is 7.16. The van der Waals surface area contributed by atoms with E-state index in [2.05, 4.69) is 35.8 Å². The lowest BCUT2D eigenvalue weighted by atomic mass is 10.0. The number of carbonyl (C=O) groups is 3. The van der Waals surface area contributed by atoms with Gasteiger partial charge in [0.2, 0.25) is 0 Å². The number of anilines is 2. The van der Waals surface area contributed by atoms with Crippen LogP contribution < -0.4 is 16.0 Å². The molecule has 0 spiro atoms. The van der Waals surface area contributed by atoms with Gasteiger partial charge in [0.15, 0.2) is 12.0 Å². The molecule has 1 aliphatic rings. The van der Waals surface area contributed by atoms with Crippen molar-refractivity contribution in [2.45, 2.75) is 38.4 Å². The molecule has 218 valence electrons. The number of benzene rings is 2. The molecule has 2 aromatic carbocycles. The summed E-state index contributed by atoms with van der Waals surface area (Å²) < 4.78 is 35.4. The average Bonchev–Trinajstić information content (AvgIpc) is 3.60. The Labute approximate surface area is 243 Å². The number of fused-ring (bicyclic) bond motifs is 4. The van der Waals surface area contributed by atoms with Gasteiger partial charge in [-0.25, -0.2) is 23.2 Å². The van der Waals surface area contributed by atoms with Gasteiger partial charge in [-0.05, 0) is 56.5 Å². The van der Waals surface area contributed by atoms with Crippen LogP contribution in [0.2, 0.25) is 5.02 Å². The highest BCUT2D eigenvalue weighted by molar-refractivity contribution is 6.30. The largest absolute Gasteiger partial charge is 0.453 e. The van der Waals surface area contributed by atoms with Crippen LogP contribution in [0.5, 0.6) is 0 Å². The number of nitrogens with zero attached hydrogens (tertiary/aromatic N) is 3. The number of ether oxygens (including phenoxy) is 1. The van der Waals surface area contributed by atoms with Crippen molar-refractivity contribution in [3.63, 3.8) is 0 Å². The number of amides is 3. The second-order valence-electron chi connectivity index (χ2n) is 9.59. The van der Waals surface area contributed by atoms with E-state index in [1.54, 1.807) is 31.3 Å². The number of aromatic nitrogens is 4. The summed E-state index contributed by atoms with van der Waals surface area (Å²) in [6.07, 6.45) is 0.814. The predicted molar refractivity (Wildman–Crippen MR) is 151 cm³/mol. The topological polar surface area (TPSA) is 143 Å². The molecule has 5 rings (SSSR count). The van der Waals surface area contributed by atoms with Gasteiger partial charge in [-0.2, -0.15) is 5.10 Å². The zero-order valence-corrected chi connectivity index (χ0v) is 23.3. The number of carbonyl (C=O) groups excluding carboxylic acids is 3. The fraction of sp³-hybridized carbons (Fsp3) is 0.250. The Balaban J connectivity index is 1.45. The van der Waals surface area contributed by atoms with Crippen molar-refractivity contribution in [3.8, 4) is 16.9 Å². The van der Waals surface area contributed by atoms with E-state index in [-0.39, 0.29) is 41.2 Å². The standard InChI is InChI=1S/C28H26ClF2N7O4/c1-14-17(12-33-38(14)23-8-3-5-18(29)24(23)31)26(39)36-20-7-4-6-19(30)27(40)37-21-11-15(34-28(41)42-2)9-10-16(21)22-13-32-25(20)35-22/h3,5,8-13,19-20H,4,6-7H2,1-2H3,(H,32,35)(H,34,41)(H,36,39)(H,37,40)/t19?,20-/m0/s1. The lowest BCUT2D eigenvalue weighted by Crippen LogP contribution is -2.30. The van der Waals surface area contributed by atoms with Gasteiger partial charge >= 0.3 is 6.09 Å². The lowest BCUT2D eigenvalue weighted by Gasteiger charge is -2.19. The first-order valence-electron chi connectivity index (χ1n) is 13.0. The third kappa shape index (κ3) is 5.81. The summed E-state index contributed by atoms with van der Waals surface area (Å²) in [5.41, 5.74) is 2.10. The van der Waals surface area contributed by atoms with Crippen molar-refractivity contribution < 1.29 is 27.9 Å². The third-order valence-electron chi connectivity index (χ3n) is 6.87. The van der Waals surface area contributed by atoms with E-state index in [1.165, 1.54) is 36.2 Å². The summed E-state index contributed by atoms with van der Waals surface area (Å²) in [7, 11) is 1.21. The van der Waals surface area contributed by atoms with Crippen LogP contribution in [-0.2, 0) is 9.53 Å². The van der Waals surface area contributed by atoms with E-state index >= 15 is 0 Å². The number of methoxy groups -OCH3 is 1. The number of H-pyrrole nitrogens is 1. The first-order chi connectivity index (χ1) is 20.2. The molecule has 0 radical (unpaired) electrons. The normalized spacial score (nSPS) is 16.8. The molecular weight excluding hydrogens is 572 g/mol. The molecule has 0 fully saturated rings. The van der Waals surface area contributed by atoms with Gasteiger partial charge in [-0.1, -0.05) is 17.7 Å². The average molecular weight is 598 g/mol. The molecule has 42 heavy (non-hydrogen) atoms. The summed E-state index contributed by atoms with van der Waals surface area (Å²) in [6, 6.07) is 8.48. The molecule has 4 aromatic rings. The number of imidazole rings is 1. The van der Waals surface area contributed by atoms with Gasteiger partial charge < -0.3 is 20.4 Å². The van der Waals surface area contributed by atoms with Crippen LogP contribution in [0.1, 0.15) is 47.2 Å². The van der Waals surface area contributed by atoms with Gasteiger partial charge in [-0.3, -0.25) is 14.9 Å². The van der Waals surface area contributed by atoms with E-state index < -0.39 is 35.9 Å². The molecule has 2 atom stereocenters. The SMILES string of the molecule is COC(=O)Nc1ccc2c(c1)NC(=O)C(F)CCC[C@H](NC(=O)c1cnn(-c3cccc(Cl)c3F)c1C)c1nc-2c[nH]1. The predicted octanol–water partition coefficient (Wildman–Crippen LogP) is 5.47. The fourth-order valence-electron chi connectivity index (χ4n) is 4.66. The monoisotopic (exact) mass is 597 g/mol. The van der Waals surface area contributed by atoms with E-state index in [1.807, 2.05) is 0 Å². The van der Waals surface area contributed by atoms with Crippen LogP contribution in [0, 0.1) is 12.7 Å². The van der Waals surface area contributed by atoms with Gasteiger partial charge in [0.25, 0.3) is 11.8 Å². The van der Waals surface area contributed by atoms with Crippen LogP contribution in [0.4, 0.5) is 25.0 Å². The number of hydrogen-bond acceptors (Lipinski definition) is 6. The minimum Gasteiger partial charge on any atom is -0.453 e. The highest BCUT2D eigenvalue weighted by Crippen LogP contribution is 2.32. The molecule has 0 saturated heterocycles. The van der Waals surface area contributed by atoms with Crippen LogP contribution in [0.25, 0.3) is 16.9 Å². The number of alkyl halides is 1. The van der Waals surface area contributed by atoms with Crippen molar-refractivity contribution in [2.75, 3.05) is 17.7 Å². The first-order valence-corrected chi connectivity index (χ1v) is 13.3. The number of nitrogens with one attached hydrogen (secondary N) is 4. The van der Waals surface area contributed by atoms with Crippen molar-refractivity contribution >= 4 is 40.9 Å². The van der Waals surface area contributed by atoms with Gasteiger partial charge in [0.05, 0.1) is 47.0 Å². The number of rotatable bonds is 4. The molecule has 3 amide bonds. The molecular formula is C28H26ClF2N7O4. The highest BCUT2D eigenvalue weighted by atomic mass is 35.5. The Hall–Kier alpha value is -4.78. The molecule has 14 heteroatoms.